The maximum absolute atomic E-state index is 13.2. The highest BCUT2D eigenvalue weighted by molar-refractivity contribution is 5.80. The van der Waals surface area contributed by atoms with E-state index >= 15 is 0 Å². The average molecular weight is 228 g/mol. The molecule has 2 nitrogen and oxygen atoms in total. The first-order valence-corrected chi connectivity index (χ1v) is 5.08. The Morgan fingerprint density at radius 1 is 1.31 bits per heavy atom. The number of benzene rings is 1. The molecule has 0 saturated carbocycles. The molecule has 0 saturated heterocycles. The van der Waals surface area contributed by atoms with Gasteiger partial charge in [-0.05, 0) is 18.6 Å². The summed E-state index contributed by atoms with van der Waals surface area (Å²) in [4.78, 5) is 11.4. The van der Waals surface area contributed by atoms with Crippen molar-refractivity contribution in [1.29, 1.82) is 0 Å². The Bertz CT molecular complexity index is 344. The summed E-state index contributed by atoms with van der Waals surface area (Å²) < 4.78 is 31.2. The Hall–Kier alpha value is -1.29. The molecular formula is C12H14F2O2. The fraction of sp³-hybridized carbons (Fsp3) is 0.417. The number of ketones is 1. The van der Waals surface area contributed by atoms with E-state index in [9.17, 15) is 13.6 Å². The van der Waals surface area contributed by atoms with Crippen LogP contribution in [0.1, 0.15) is 18.4 Å². The van der Waals surface area contributed by atoms with Gasteiger partial charge >= 0.3 is 0 Å². The number of carbonyl (C=O) groups excluding carboxylic acids is 1. The van der Waals surface area contributed by atoms with E-state index in [1.807, 2.05) is 0 Å². The van der Waals surface area contributed by atoms with Gasteiger partial charge in [0.25, 0.3) is 0 Å². The van der Waals surface area contributed by atoms with E-state index in [1.165, 1.54) is 6.07 Å². The van der Waals surface area contributed by atoms with Crippen molar-refractivity contribution in [2.75, 3.05) is 13.7 Å². The molecule has 4 heteroatoms. The summed E-state index contributed by atoms with van der Waals surface area (Å²) in [5.74, 6) is -1.51. The average Bonchev–Trinajstić information content (AvgIpc) is 2.24. The Morgan fingerprint density at radius 3 is 2.50 bits per heavy atom. The molecule has 0 heterocycles. The molecule has 0 bridgehead atoms. The van der Waals surface area contributed by atoms with Crippen LogP contribution in [0.25, 0.3) is 0 Å². The van der Waals surface area contributed by atoms with Gasteiger partial charge in [0, 0.05) is 32.1 Å². The molecule has 0 fully saturated rings. The highest BCUT2D eigenvalue weighted by atomic mass is 19.1. The van der Waals surface area contributed by atoms with Crippen molar-refractivity contribution in [3.05, 3.63) is 35.4 Å². The Balaban J connectivity index is 2.56. The molecule has 0 aliphatic rings. The standard InChI is InChI=1S/C12H14F2O2/c1-16-7-3-4-9(15)8-10-11(13)5-2-6-12(10)14/h2,5-6H,3-4,7-8H2,1H3. The number of Topliss-reactive ketones (excluding diaryl/α,β-unsaturated/α-hetero) is 1. The summed E-state index contributed by atoms with van der Waals surface area (Å²) in [6.07, 6.45) is 0.662. The van der Waals surface area contributed by atoms with Crippen LogP contribution in [-0.4, -0.2) is 19.5 Å². The van der Waals surface area contributed by atoms with E-state index in [0.29, 0.717) is 13.0 Å². The molecule has 1 rings (SSSR count). The number of halogens is 2. The summed E-state index contributed by atoms with van der Waals surface area (Å²) in [6.45, 7) is 0.478. The van der Waals surface area contributed by atoms with Crippen LogP contribution < -0.4 is 0 Å². The maximum Gasteiger partial charge on any atom is 0.137 e. The molecule has 1 aromatic rings. The van der Waals surface area contributed by atoms with Gasteiger partial charge in [0.15, 0.2) is 0 Å². The Kier molecular flexibility index (Phi) is 5.05. The van der Waals surface area contributed by atoms with Crippen molar-refractivity contribution in [3.8, 4) is 0 Å². The number of ether oxygens (including phenoxy) is 1. The van der Waals surface area contributed by atoms with Gasteiger partial charge in [0.2, 0.25) is 0 Å². The van der Waals surface area contributed by atoms with Crippen LogP contribution in [0.5, 0.6) is 0 Å². The number of hydrogen-bond donors (Lipinski definition) is 0. The second-order valence-electron chi connectivity index (χ2n) is 3.51. The summed E-state index contributed by atoms with van der Waals surface area (Å²) in [6, 6.07) is 3.59. The van der Waals surface area contributed by atoms with Gasteiger partial charge in [0.05, 0.1) is 0 Å². The van der Waals surface area contributed by atoms with E-state index in [1.54, 1.807) is 7.11 Å². The van der Waals surface area contributed by atoms with Crippen molar-refractivity contribution < 1.29 is 18.3 Å². The number of rotatable bonds is 6. The van der Waals surface area contributed by atoms with Crippen LogP contribution in [-0.2, 0) is 16.0 Å². The van der Waals surface area contributed by atoms with Gasteiger partial charge in [-0.2, -0.15) is 0 Å². The molecule has 1 aromatic carbocycles. The van der Waals surface area contributed by atoms with Crippen molar-refractivity contribution in [2.24, 2.45) is 0 Å². The zero-order chi connectivity index (χ0) is 12.0. The summed E-state index contributed by atoms with van der Waals surface area (Å²) in [5.41, 5.74) is -0.148. The van der Waals surface area contributed by atoms with Gasteiger partial charge in [0.1, 0.15) is 17.4 Å². The molecule has 0 amide bonds. The molecule has 88 valence electrons. The molecule has 16 heavy (non-hydrogen) atoms. The van der Waals surface area contributed by atoms with Crippen LogP contribution in [0.15, 0.2) is 18.2 Å². The fourth-order valence-corrected chi connectivity index (χ4v) is 1.40. The number of hydrogen-bond acceptors (Lipinski definition) is 2. The van der Waals surface area contributed by atoms with Crippen molar-refractivity contribution in [1.82, 2.24) is 0 Å². The van der Waals surface area contributed by atoms with Crippen LogP contribution in [0.2, 0.25) is 0 Å². The van der Waals surface area contributed by atoms with E-state index in [2.05, 4.69) is 0 Å². The quantitative estimate of drug-likeness (QED) is 0.699. The first kappa shape index (κ1) is 12.8. The van der Waals surface area contributed by atoms with Gasteiger partial charge < -0.3 is 4.74 Å². The number of carbonyl (C=O) groups is 1. The van der Waals surface area contributed by atoms with Crippen molar-refractivity contribution in [2.45, 2.75) is 19.3 Å². The van der Waals surface area contributed by atoms with Crippen LogP contribution in [0.3, 0.4) is 0 Å². The van der Waals surface area contributed by atoms with E-state index in [4.69, 9.17) is 4.74 Å². The summed E-state index contributed by atoms with van der Waals surface area (Å²) >= 11 is 0. The zero-order valence-corrected chi connectivity index (χ0v) is 9.13. The molecule has 0 radical (unpaired) electrons. The first-order chi connectivity index (χ1) is 7.65. The number of methoxy groups -OCH3 is 1. The highest BCUT2D eigenvalue weighted by Crippen LogP contribution is 2.13. The molecule has 0 aromatic heterocycles. The van der Waals surface area contributed by atoms with Crippen LogP contribution in [0, 0.1) is 11.6 Å². The van der Waals surface area contributed by atoms with Gasteiger partial charge in [-0.1, -0.05) is 6.07 Å². The third-order valence-corrected chi connectivity index (χ3v) is 2.24. The third-order valence-electron chi connectivity index (χ3n) is 2.24. The lowest BCUT2D eigenvalue weighted by Crippen LogP contribution is -2.07. The monoisotopic (exact) mass is 228 g/mol. The molecular weight excluding hydrogens is 214 g/mol. The van der Waals surface area contributed by atoms with Gasteiger partial charge in [-0.25, -0.2) is 8.78 Å². The minimum Gasteiger partial charge on any atom is -0.385 e. The lowest BCUT2D eigenvalue weighted by atomic mass is 10.0. The maximum atomic E-state index is 13.2. The molecule has 0 atom stereocenters. The molecule has 0 unspecified atom stereocenters. The Morgan fingerprint density at radius 2 is 1.94 bits per heavy atom. The smallest absolute Gasteiger partial charge is 0.137 e. The zero-order valence-electron chi connectivity index (χ0n) is 9.13. The van der Waals surface area contributed by atoms with E-state index in [-0.39, 0.29) is 24.2 Å². The lowest BCUT2D eigenvalue weighted by molar-refractivity contribution is -0.118. The van der Waals surface area contributed by atoms with Crippen molar-refractivity contribution >= 4 is 5.78 Å². The molecule has 0 aliphatic carbocycles. The summed E-state index contributed by atoms with van der Waals surface area (Å²) in [7, 11) is 1.54. The minimum atomic E-state index is -0.667. The van der Waals surface area contributed by atoms with E-state index < -0.39 is 11.6 Å². The van der Waals surface area contributed by atoms with Crippen LogP contribution in [0.4, 0.5) is 8.78 Å². The van der Waals surface area contributed by atoms with Crippen LogP contribution >= 0.6 is 0 Å². The molecule has 0 N–H and O–H groups in total. The fourth-order valence-electron chi connectivity index (χ4n) is 1.40. The normalized spacial score (nSPS) is 10.4. The molecule has 0 spiro atoms. The summed E-state index contributed by atoms with van der Waals surface area (Å²) in [5, 5.41) is 0. The Labute approximate surface area is 93.2 Å². The van der Waals surface area contributed by atoms with Gasteiger partial charge in [-0.3, -0.25) is 4.79 Å². The predicted octanol–water partition coefficient (Wildman–Crippen LogP) is 2.50. The lowest BCUT2D eigenvalue weighted by Gasteiger charge is -2.04. The SMILES string of the molecule is COCCCC(=O)Cc1c(F)cccc1F. The second kappa shape index (κ2) is 6.33. The first-order valence-electron chi connectivity index (χ1n) is 5.08. The second-order valence-corrected chi connectivity index (χ2v) is 3.51. The topological polar surface area (TPSA) is 26.3 Å². The largest absolute Gasteiger partial charge is 0.385 e. The predicted molar refractivity (Wildman–Crippen MR) is 56.2 cm³/mol. The van der Waals surface area contributed by atoms with Crippen molar-refractivity contribution in [3.63, 3.8) is 0 Å². The molecule has 0 aliphatic heterocycles. The third kappa shape index (κ3) is 3.70. The van der Waals surface area contributed by atoms with E-state index in [0.717, 1.165) is 12.1 Å². The highest BCUT2D eigenvalue weighted by Gasteiger charge is 2.12. The minimum absolute atomic E-state index is 0.148. The van der Waals surface area contributed by atoms with Gasteiger partial charge in [-0.15, -0.1) is 0 Å².